The first-order valence-corrected chi connectivity index (χ1v) is 4.41. The van der Waals surface area contributed by atoms with Gasteiger partial charge in [-0.25, -0.2) is 0 Å². The molecule has 3 radical (unpaired) electrons. The van der Waals surface area contributed by atoms with Gasteiger partial charge in [0, 0.05) is 98.1 Å². The Balaban J connectivity index is -0.00000000857. The smallest absolute Gasteiger partial charge is 0 e. The van der Waals surface area contributed by atoms with Gasteiger partial charge in [0.2, 0.25) is 0 Å². The molecule has 0 rings (SSSR count). The topological polar surface area (TPSA) is 0 Å². The molecule has 0 aromatic heterocycles. The molecule has 3 heteroatoms. The maximum absolute atomic E-state index is 3.60. The van der Waals surface area contributed by atoms with Crippen LogP contribution in [0.4, 0.5) is 0 Å². The molecule has 0 aliphatic carbocycles. The summed E-state index contributed by atoms with van der Waals surface area (Å²) in [6.45, 7) is 23.4. The molecule has 0 N–H and O–H groups in total. The Bertz CT molecular complexity index is 32.2. The second-order valence-corrected chi connectivity index (χ2v) is 1.71. The maximum atomic E-state index is 3.60. The van der Waals surface area contributed by atoms with E-state index in [4.69, 9.17) is 0 Å². The molecule has 0 unspecified atom stereocenters. The van der Waals surface area contributed by atoms with E-state index in [-0.39, 0.29) is 106 Å². The zero-order chi connectivity index (χ0) is 10.8. The molecule has 0 amide bonds. The van der Waals surface area contributed by atoms with Crippen molar-refractivity contribution in [1.82, 2.24) is 0 Å². The fourth-order valence-electron chi connectivity index (χ4n) is 0. The van der Waals surface area contributed by atoms with E-state index in [1.807, 2.05) is 0 Å². The SMILES string of the molecule is C.C=C.C=C.[CH2-]CCC.[CH2-]CCC.[Y].[Y].[Y]. The summed E-state index contributed by atoms with van der Waals surface area (Å²) in [6.07, 6.45) is 4.56. The number of hydrogen-bond donors (Lipinski definition) is 0. The van der Waals surface area contributed by atoms with Crippen molar-refractivity contribution in [3.8, 4) is 0 Å². The fraction of sp³-hybridized carbons (Fsp3) is 0.538. The second-order valence-electron chi connectivity index (χ2n) is 1.71. The van der Waals surface area contributed by atoms with Crippen LogP contribution in [0.2, 0.25) is 0 Å². The van der Waals surface area contributed by atoms with Gasteiger partial charge in [-0.1, -0.05) is 34.1 Å². The largest absolute Gasteiger partial charge is 0.343 e. The van der Waals surface area contributed by atoms with E-state index in [9.17, 15) is 0 Å². The van der Waals surface area contributed by atoms with Crippen molar-refractivity contribution in [1.29, 1.82) is 0 Å². The van der Waals surface area contributed by atoms with Crippen LogP contribution in [0.25, 0.3) is 0 Å². The third-order valence-electron chi connectivity index (χ3n) is 0.707. The summed E-state index contributed by atoms with van der Waals surface area (Å²) in [7, 11) is 0. The molecule has 0 fully saturated rings. The molecule has 0 bridgehead atoms. The first-order chi connectivity index (χ1) is 5.83. The van der Waals surface area contributed by atoms with Crippen LogP contribution in [0.5, 0.6) is 0 Å². The van der Waals surface area contributed by atoms with Crippen LogP contribution >= 0.6 is 0 Å². The summed E-state index contributed by atoms with van der Waals surface area (Å²) in [6, 6.07) is 0. The van der Waals surface area contributed by atoms with Crippen LogP contribution in [0.3, 0.4) is 0 Å². The number of rotatable bonds is 2. The van der Waals surface area contributed by atoms with Crippen LogP contribution in [0, 0.1) is 13.8 Å². The Morgan fingerprint density at radius 3 is 0.750 bits per heavy atom. The van der Waals surface area contributed by atoms with E-state index in [1.165, 1.54) is 12.8 Å². The molecular weight excluding hydrogens is 423 g/mol. The van der Waals surface area contributed by atoms with Crippen molar-refractivity contribution < 1.29 is 98.1 Å². The number of unbranched alkanes of at least 4 members (excludes halogenated alkanes) is 2. The Morgan fingerprint density at radius 1 is 0.688 bits per heavy atom. The maximum Gasteiger partial charge on any atom is 0 e. The predicted octanol–water partition coefficient (Wildman–Crippen LogP) is 5.47. The van der Waals surface area contributed by atoms with Crippen LogP contribution in [-0.4, -0.2) is 0 Å². The van der Waals surface area contributed by atoms with Gasteiger partial charge in [-0.2, -0.15) is 12.8 Å². The van der Waals surface area contributed by atoms with E-state index in [2.05, 4.69) is 54.0 Å². The van der Waals surface area contributed by atoms with Gasteiger partial charge in [0.05, 0.1) is 0 Å². The molecule has 0 saturated carbocycles. The standard InChI is InChI=1S/2C4H9.2C2H4.CH4.3Y/c2*1-3-4-2;2*1-2;;;;/h2*1,3-4H2,2H3;2*1-2H2;1H4;;;/q2*-1;;;;;;. The van der Waals surface area contributed by atoms with Crippen molar-refractivity contribution in [2.24, 2.45) is 0 Å². The van der Waals surface area contributed by atoms with E-state index < -0.39 is 0 Å². The minimum absolute atomic E-state index is 0. The Morgan fingerprint density at radius 2 is 0.750 bits per heavy atom. The van der Waals surface area contributed by atoms with Gasteiger partial charge in [-0.3, -0.25) is 0 Å². The third kappa shape index (κ3) is 182. The Labute approximate surface area is 182 Å². The zero-order valence-corrected chi connectivity index (χ0v) is 19.3. The van der Waals surface area contributed by atoms with E-state index in [0.29, 0.717) is 0 Å². The minimum Gasteiger partial charge on any atom is -0.343 e. The zero-order valence-electron chi connectivity index (χ0n) is 10.8. The van der Waals surface area contributed by atoms with Crippen LogP contribution in [0.1, 0.15) is 47.0 Å². The van der Waals surface area contributed by atoms with Gasteiger partial charge in [-0.15, -0.1) is 26.3 Å². The third-order valence-corrected chi connectivity index (χ3v) is 0.707. The van der Waals surface area contributed by atoms with Gasteiger partial charge in [0.15, 0.2) is 0 Å². The number of hydrogen-bond acceptors (Lipinski definition) is 0. The van der Waals surface area contributed by atoms with Gasteiger partial charge in [-0.05, 0) is 0 Å². The summed E-state index contributed by atoms with van der Waals surface area (Å²) < 4.78 is 0. The molecule has 0 aromatic carbocycles. The first kappa shape index (κ1) is 51.1. The predicted molar refractivity (Wildman–Crippen MR) is 69.8 cm³/mol. The average Bonchev–Trinajstić information content (AvgIpc) is 2.23. The summed E-state index contributed by atoms with van der Waals surface area (Å²) in [5.74, 6) is 0. The summed E-state index contributed by atoms with van der Waals surface area (Å²) >= 11 is 0. The van der Waals surface area contributed by atoms with Crippen LogP contribution in [0.15, 0.2) is 26.3 Å². The van der Waals surface area contributed by atoms with Gasteiger partial charge < -0.3 is 13.8 Å². The monoisotopic (exact) mass is 453 g/mol. The Kier molecular flexibility index (Phi) is 347. The van der Waals surface area contributed by atoms with Crippen molar-refractivity contribution in [3.63, 3.8) is 0 Å². The van der Waals surface area contributed by atoms with Gasteiger partial charge in [0.25, 0.3) is 0 Å². The van der Waals surface area contributed by atoms with E-state index in [1.54, 1.807) is 0 Å². The molecule has 0 aromatic rings. The minimum atomic E-state index is 0. The average molecular weight is 453 g/mol. The molecule has 16 heavy (non-hydrogen) atoms. The van der Waals surface area contributed by atoms with Crippen molar-refractivity contribution in [3.05, 3.63) is 40.2 Å². The van der Waals surface area contributed by atoms with Crippen LogP contribution in [-0.2, 0) is 98.1 Å². The molecule has 0 nitrogen and oxygen atoms in total. The molecule has 0 aliphatic rings. The van der Waals surface area contributed by atoms with E-state index in [0.717, 1.165) is 12.8 Å². The first-order valence-electron chi connectivity index (χ1n) is 4.41. The normalized spacial score (nSPS) is 4.25. The van der Waals surface area contributed by atoms with Crippen molar-refractivity contribution >= 4 is 0 Å². The molecule has 0 aliphatic heterocycles. The van der Waals surface area contributed by atoms with Crippen molar-refractivity contribution in [2.75, 3.05) is 0 Å². The van der Waals surface area contributed by atoms with Crippen LogP contribution < -0.4 is 0 Å². The Hall–Kier alpha value is 2.79. The second kappa shape index (κ2) is 109. The van der Waals surface area contributed by atoms with E-state index >= 15 is 0 Å². The fourth-order valence-corrected chi connectivity index (χ4v) is 0. The molecule has 0 spiro atoms. The summed E-state index contributed by atoms with van der Waals surface area (Å²) in [5, 5.41) is 0. The molecular formula is C13H30Y3-2. The van der Waals surface area contributed by atoms with Crippen molar-refractivity contribution in [2.45, 2.75) is 47.0 Å². The summed E-state index contributed by atoms with van der Waals surface area (Å²) in [5.41, 5.74) is 0. The quantitative estimate of drug-likeness (QED) is 0.384. The van der Waals surface area contributed by atoms with Gasteiger partial charge in [0.1, 0.15) is 0 Å². The molecule has 93 valence electrons. The molecule has 0 heterocycles. The summed E-state index contributed by atoms with van der Waals surface area (Å²) in [4.78, 5) is 0. The molecule has 0 atom stereocenters. The van der Waals surface area contributed by atoms with Gasteiger partial charge >= 0.3 is 0 Å². The molecule has 0 saturated heterocycles.